The monoisotopic (exact) mass is 212 g/mol. The number of alkyl carbamates (subject to hydrolysis) is 1. The molecule has 0 saturated carbocycles. The van der Waals surface area contributed by atoms with Crippen molar-refractivity contribution in [1.82, 2.24) is 5.32 Å². The number of nitrogens with one attached hydrogen (secondary N) is 1. The van der Waals surface area contributed by atoms with Gasteiger partial charge >= 0.3 is 12.3 Å². The minimum absolute atomic E-state index is 0.566. The molecular formula is C7H11F3N2O2. The summed E-state index contributed by atoms with van der Waals surface area (Å²) in [5.74, 6) is -1.35. The Hall–Kier alpha value is -1.27. The van der Waals surface area contributed by atoms with Crippen molar-refractivity contribution < 1.29 is 22.7 Å². The Balaban J connectivity index is 4.67. The molecule has 0 saturated heterocycles. The molecule has 0 rings (SSSR count). The first-order chi connectivity index (χ1) is 6.27. The highest BCUT2D eigenvalue weighted by molar-refractivity contribution is 5.98. The van der Waals surface area contributed by atoms with Crippen LogP contribution in [-0.4, -0.2) is 31.3 Å². The van der Waals surface area contributed by atoms with E-state index in [4.69, 9.17) is 0 Å². The van der Waals surface area contributed by atoms with Crippen LogP contribution in [0, 0.1) is 0 Å². The molecule has 0 bridgehead atoms. The summed E-state index contributed by atoms with van der Waals surface area (Å²) in [6, 6.07) is -0.566. The Morgan fingerprint density at radius 1 is 1.43 bits per heavy atom. The second-order valence-electron chi connectivity index (χ2n) is 2.69. The van der Waals surface area contributed by atoms with Gasteiger partial charge in [-0.15, -0.1) is 0 Å². The summed E-state index contributed by atoms with van der Waals surface area (Å²) in [6.07, 6.45) is -5.87. The molecule has 0 aromatic heterocycles. The highest BCUT2D eigenvalue weighted by Gasteiger charge is 2.37. The van der Waals surface area contributed by atoms with Crippen molar-refractivity contribution in [3.05, 3.63) is 0 Å². The van der Waals surface area contributed by atoms with Crippen LogP contribution >= 0.6 is 0 Å². The second-order valence-corrected chi connectivity index (χ2v) is 2.69. The first-order valence-corrected chi connectivity index (χ1v) is 3.77. The van der Waals surface area contributed by atoms with Gasteiger partial charge in [0.15, 0.2) is 0 Å². The van der Waals surface area contributed by atoms with Gasteiger partial charge in [-0.2, -0.15) is 13.2 Å². The van der Waals surface area contributed by atoms with Gasteiger partial charge in [-0.3, -0.25) is 10.3 Å². The molecule has 0 aliphatic heterocycles. The van der Waals surface area contributed by atoms with Crippen LogP contribution in [-0.2, 0) is 4.74 Å². The molecule has 0 aliphatic rings. The van der Waals surface area contributed by atoms with E-state index >= 15 is 0 Å². The quantitative estimate of drug-likeness (QED) is 0.531. The average Bonchev–Trinajstić information content (AvgIpc) is 2.00. The van der Waals surface area contributed by atoms with Gasteiger partial charge in [-0.1, -0.05) is 0 Å². The number of aliphatic imine (C=N–C) groups is 1. The van der Waals surface area contributed by atoms with Crippen molar-refractivity contribution in [3.63, 3.8) is 0 Å². The number of methoxy groups -OCH3 is 1. The molecule has 0 atom stereocenters. The van der Waals surface area contributed by atoms with E-state index in [2.05, 4.69) is 9.73 Å². The van der Waals surface area contributed by atoms with Crippen molar-refractivity contribution in [2.75, 3.05) is 7.11 Å². The molecule has 0 fully saturated rings. The minimum Gasteiger partial charge on any atom is -0.453 e. The summed E-state index contributed by atoms with van der Waals surface area (Å²) in [4.78, 5) is 13.8. The molecular weight excluding hydrogens is 201 g/mol. The van der Waals surface area contributed by atoms with Crippen LogP contribution in [0.4, 0.5) is 18.0 Å². The number of hydrogen-bond acceptors (Lipinski definition) is 3. The van der Waals surface area contributed by atoms with Gasteiger partial charge in [-0.25, -0.2) is 4.79 Å². The maximum Gasteiger partial charge on any atom is 0.449 e. The topological polar surface area (TPSA) is 50.7 Å². The van der Waals surface area contributed by atoms with Crippen LogP contribution in [0.15, 0.2) is 4.99 Å². The third-order valence-electron chi connectivity index (χ3n) is 1.06. The van der Waals surface area contributed by atoms with E-state index in [9.17, 15) is 18.0 Å². The third kappa shape index (κ3) is 4.68. The van der Waals surface area contributed by atoms with E-state index in [1.165, 1.54) is 19.2 Å². The Labute approximate surface area is 79.1 Å². The molecule has 0 aliphatic carbocycles. The average molecular weight is 212 g/mol. The Morgan fingerprint density at radius 3 is 2.21 bits per heavy atom. The third-order valence-corrected chi connectivity index (χ3v) is 1.06. The summed E-state index contributed by atoms with van der Waals surface area (Å²) in [6.45, 7) is 2.93. The Kier molecular flexibility index (Phi) is 4.39. The predicted octanol–water partition coefficient (Wildman–Crippen LogP) is 1.71. The van der Waals surface area contributed by atoms with Crippen molar-refractivity contribution >= 4 is 11.9 Å². The number of alkyl halides is 3. The summed E-state index contributed by atoms with van der Waals surface area (Å²) >= 11 is 0. The van der Waals surface area contributed by atoms with Crippen molar-refractivity contribution in [1.29, 1.82) is 0 Å². The van der Waals surface area contributed by atoms with E-state index in [0.717, 1.165) is 7.11 Å². The second kappa shape index (κ2) is 4.83. The number of nitrogens with zero attached hydrogens (tertiary/aromatic N) is 1. The number of halogens is 3. The summed E-state index contributed by atoms with van der Waals surface area (Å²) in [5.41, 5.74) is 0. The number of amides is 1. The molecule has 0 radical (unpaired) electrons. The molecule has 1 amide bonds. The first-order valence-electron chi connectivity index (χ1n) is 3.77. The maximum atomic E-state index is 12.2. The molecule has 0 unspecified atom stereocenters. The lowest BCUT2D eigenvalue weighted by atomic mass is 10.4. The van der Waals surface area contributed by atoms with Crippen LogP contribution in [0.3, 0.4) is 0 Å². The lowest BCUT2D eigenvalue weighted by molar-refractivity contribution is -0.0620. The van der Waals surface area contributed by atoms with Gasteiger partial charge in [0.2, 0.25) is 5.84 Å². The minimum atomic E-state index is -4.68. The summed E-state index contributed by atoms with van der Waals surface area (Å²) in [5, 5.41) is 1.50. The molecule has 82 valence electrons. The van der Waals surface area contributed by atoms with Crippen LogP contribution in [0.1, 0.15) is 13.8 Å². The number of carbonyl (C=O) groups excluding carboxylic acids is 1. The molecule has 4 nitrogen and oxygen atoms in total. The molecule has 1 N–H and O–H groups in total. The van der Waals surface area contributed by atoms with Crippen molar-refractivity contribution in [2.24, 2.45) is 4.99 Å². The van der Waals surface area contributed by atoms with Gasteiger partial charge in [0, 0.05) is 6.04 Å². The van der Waals surface area contributed by atoms with E-state index in [1.54, 1.807) is 0 Å². The molecule has 0 aromatic carbocycles. The Bertz CT molecular complexity index is 236. The normalized spacial score (nSPS) is 12.9. The Morgan fingerprint density at radius 2 is 1.93 bits per heavy atom. The van der Waals surface area contributed by atoms with Crippen LogP contribution in [0.2, 0.25) is 0 Å². The lowest BCUT2D eigenvalue weighted by Gasteiger charge is -2.12. The molecule has 0 heterocycles. The fourth-order valence-corrected chi connectivity index (χ4v) is 0.582. The van der Waals surface area contributed by atoms with Crippen LogP contribution in [0.5, 0.6) is 0 Å². The van der Waals surface area contributed by atoms with E-state index in [0.29, 0.717) is 0 Å². The smallest absolute Gasteiger partial charge is 0.449 e. The predicted molar refractivity (Wildman–Crippen MR) is 44.2 cm³/mol. The molecule has 0 spiro atoms. The number of carbonyl (C=O) groups is 1. The molecule has 14 heavy (non-hydrogen) atoms. The SMILES string of the molecule is COC(=O)NC(=NC(C)C)C(F)(F)F. The summed E-state index contributed by atoms with van der Waals surface area (Å²) < 4.78 is 40.6. The number of amidine groups is 1. The van der Waals surface area contributed by atoms with Crippen molar-refractivity contribution in [2.45, 2.75) is 26.1 Å². The zero-order valence-corrected chi connectivity index (χ0v) is 7.97. The number of ether oxygens (including phenoxy) is 1. The fraction of sp³-hybridized carbons (Fsp3) is 0.714. The highest BCUT2D eigenvalue weighted by Crippen LogP contribution is 2.16. The zero-order chi connectivity index (χ0) is 11.4. The van der Waals surface area contributed by atoms with Crippen molar-refractivity contribution in [3.8, 4) is 0 Å². The van der Waals surface area contributed by atoms with Gasteiger partial charge in [0.1, 0.15) is 0 Å². The van der Waals surface area contributed by atoms with Gasteiger partial charge in [0.25, 0.3) is 0 Å². The first kappa shape index (κ1) is 12.7. The van der Waals surface area contributed by atoms with Crippen LogP contribution in [0.25, 0.3) is 0 Å². The van der Waals surface area contributed by atoms with Crippen LogP contribution < -0.4 is 5.32 Å². The van der Waals surface area contributed by atoms with Gasteiger partial charge in [-0.05, 0) is 13.8 Å². The lowest BCUT2D eigenvalue weighted by Crippen LogP contribution is -2.41. The molecule has 0 aromatic rings. The number of rotatable bonds is 1. The largest absolute Gasteiger partial charge is 0.453 e. The van der Waals surface area contributed by atoms with E-state index in [-0.39, 0.29) is 0 Å². The summed E-state index contributed by atoms with van der Waals surface area (Å²) in [7, 11) is 0.971. The highest BCUT2D eigenvalue weighted by atomic mass is 19.4. The van der Waals surface area contributed by atoms with E-state index < -0.39 is 24.1 Å². The zero-order valence-electron chi connectivity index (χ0n) is 7.97. The van der Waals surface area contributed by atoms with Gasteiger partial charge in [0.05, 0.1) is 7.11 Å². The maximum absolute atomic E-state index is 12.2. The van der Waals surface area contributed by atoms with E-state index in [1.807, 2.05) is 0 Å². The number of hydrogen-bond donors (Lipinski definition) is 1. The molecule has 7 heteroatoms. The fourth-order valence-electron chi connectivity index (χ4n) is 0.582. The van der Waals surface area contributed by atoms with Gasteiger partial charge < -0.3 is 4.74 Å². The standard InChI is InChI=1S/C7H11F3N2O2/c1-4(2)11-5(7(8,9)10)12-6(13)14-3/h4H,1-3H3,(H,11,12,13).